The van der Waals surface area contributed by atoms with Crippen molar-refractivity contribution >= 4 is 28.1 Å². The predicted molar refractivity (Wildman–Crippen MR) is 109 cm³/mol. The lowest BCUT2D eigenvalue weighted by molar-refractivity contribution is -0.385. The number of hydrogen-bond acceptors (Lipinski definition) is 7. The number of nitro groups is 1. The Labute approximate surface area is 170 Å². The molecule has 1 aromatic heterocycles. The number of thiazole rings is 1. The van der Waals surface area contributed by atoms with Crippen molar-refractivity contribution in [2.75, 3.05) is 18.5 Å². The second-order valence-corrected chi connectivity index (χ2v) is 7.17. The van der Waals surface area contributed by atoms with Crippen LogP contribution in [0.1, 0.15) is 22.8 Å². The van der Waals surface area contributed by atoms with Crippen LogP contribution in [0.15, 0.2) is 41.8 Å². The third-order valence-corrected chi connectivity index (χ3v) is 5.24. The zero-order chi connectivity index (χ0) is 20.4. The number of ether oxygens (including phenoxy) is 2. The molecule has 0 radical (unpaired) electrons. The first kappa shape index (κ1) is 18.9. The Morgan fingerprint density at radius 3 is 2.55 bits per heavy atom. The number of nitrogens with zero attached hydrogens (tertiary/aromatic N) is 2. The van der Waals surface area contributed by atoms with E-state index in [2.05, 4.69) is 17.2 Å². The van der Waals surface area contributed by atoms with E-state index < -0.39 is 10.8 Å². The molecule has 0 saturated carbocycles. The Hall–Kier alpha value is -3.46. The molecule has 148 valence electrons. The van der Waals surface area contributed by atoms with E-state index in [1.54, 1.807) is 0 Å². The number of nitrogens with one attached hydrogen (secondary N) is 1. The number of aromatic nitrogens is 1. The lowest BCUT2D eigenvalue weighted by Crippen LogP contribution is -2.18. The van der Waals surface area contributed by atoms with Crippen LogP contribution < -0.4 is 14.8 Å². The molecule has 0 fully saturated rings. The number of hydrogen-bond donors (Lipinski definition) is 1. The first-order chi connectivity index (χ1) is 14.0. The third-order valence-electron chi connectivity index (χ3n) is 4.48. The van der Waals surface area contributed by atoms with Crippen LogP contribution in [0.25, 0.3) is 11.3 Å². The molecule has 0 saturated heterocycles. The monoisotopic (exact) mass is 411 g/mol. The molecule has 0 bridgehead atoms. The minimum Gasteiger partial charge on any atom is -0.486 e. The van der Waals surface area contributed by atoms with Gasteiger partial charge in [-0.05, 0) is 12.0 Å². The Kier molecular flexibility index (Phi) is 5.13. The summed E-state index contributed by atoms with van der Waals surface area (Å²) in [6, 6.07) is 10.6. The van der Waals surface area contributed by atoms with Gasteiger partial charge in [-0.1, -0.05) is 31.2 Å². The maximum absolute atomic E-state index is 12.7. The van der Waals surface area contributed by atoms with Crippen LogP contribution in [-0.2, 0) is 6.42 Å². The normalized spacial score (nSPS) is 12.4. The van der Waals surface area contributed by atoms with Gasteiger partial charge in [0.2, 0.25) is 0 Å². The molecule has 8 nitrogen and oxygen atoms in total. The van der Waals surface area contributed by atoms with Crippen LogP contribution in [0.4, 0.5) is 10.8 Å². The summed E-state index contributed by atoms with van der Waals surface area (Å²) >= 11 is 1.25. The fraction of sp³-hybridized carbons (Fsp3) is 0.200. The summed E-state index contributed by atoms with van der Waals surface area (Å²) in [5.74, 6) is -0.0645. The largest absolute Gasteiger partial charge is 0.486 e. The molecule has 2 aromatic carbocycles. The SMILES string of the molecule is CCc1ccc(-c2csc(NC(=O)c3cc4c(cc3[N+](=O)[O-])OCCO4)n2)cc1. The van der Waals surface area contributed by atoms with Gasteiger partial charge in [-0.3, -0.25) is 20.2 Å². The van der Waals surface area contributed by atoms with Crippen molar-refractivity contribution in [3.63, 3.8) is 0 Å². The summed E-state index contributed by atoms with van der Waals surface area (Å²) < 4.78 is 10.8. The molecular weight excluding hydrogens is 394 g/mol. The predicted octanol–water partition coefficient (Wildman–Crippen LogP) is 4.30. The number of benzene rings is 2. The Morgan fingerprint density at radius 1 is 1.21 bits per heavy atom. The minimum absolute atomic E-state index is 0.108. The molecule has 0 aliphatic carbocycles. The van der Waals surface area contributed by atoms with Crippen LogP contribution in [-0.4, -0.2) is 29.0 Å². The first-order valence-electron chi connectivity index (χ1n) is 8.99. The maximum Gasteiger partial charge on any atom is 0.286 e. The summed E-state index contributed by atoms with van der Waals surface area (Å²) in [5.41, 5.74) is 2.43. The molecule has 1 amide bonds. The van der Waals surface area contributed by atoms with Gasteiger partial charge in [0.15, 0.2) is 16.6 Å². The van der Waals surface area contributed by atoms with Gasteiger partial charge in [-0.2, -0.15) is 0 Å². The molecule has 1 aliphatic rings. The molecular formula is C20H17N3O5S. The molecule has 29 heavy (non-hydrogen) atoms. The second-order valence-electron chi connectivity index (χ2n) is 6.31. The van der Waals surface area contributed by atoms with E-state index in [4.69, 9.17) is 9.47 Å². The fourth-order valence-electron chi connectivity index (χ4n) is 2.95. The lowest BCUT2D eigenvalue weighted by atomic mass is 10.1. The number of nitro benzene ring substituents is 1. The molecule has 2 heterocycles. The van der Waals surface area contributed by atoms with Crippen LogP contribution in [0.2, 0.25) is 0 Å². The number of carbonyl (C=O) groups excluding carboxylic acids is 1. The standard InChI is InChI=1S/C20H17N3O5S/c1-2-12-3-5-13(6-4-12)15-11-29-20(21-15)22-19(24)14-9-17-18(28-8-7-27-17)10-16(14)23(25)26/h3-6,9-11H,2,7-8H2,1H3,(H,21,22,24). The molecule has 9 heteroatoms. The summed E-state index contributed by atoms with van der Waals surface area (Å²) in [4.78, 5) is 27.9. The maximum atomic E-state index is 12.7. The number of anilines is 1. The van der Waals surface area contributed by atoms with E-state index in [1.807, 2.05) is 29.6 Å². The molecule has 1 N–H and O–H groups in total. The van der Waals surface area contributed by atoms with Gasteiger partial charge in [0, 0.05) is 17.0 Å². The summed E-state index contributed by atoms with van der Waals surface area (Å²) in [6.45, 7) is 2.71. The van der Waals surface area contributed by atoms with Crippen molar-refractivity contribution in [3.8, 4) is 22.8 Å². The van der Waals surface area contributed by atoms with Crippen LogP contribution in [0.3, 0.4) is 0 Å². The summed E-state index contributed by atoms with van der Waals surface area (Å²) in [7, 11) is 0. The van der Waals surface area contributed by atoms with E-state index in [0.29, 0.717) is 24.1 Å². The van der Waals surface area contributed by atoms with E-state index in [0.717, 1.165) is 17.7 Å². The third kappa shape index (κ3) is 3.90. The summed E-state index contributed by atoms with van der Waals surface area (Å²) in [5, 5.41) is 16.2. The average Bonchev–Trinajstić information content (AvgIpc) is 3.21. The number of fused-ring (bicyclic) bond motifs is 1. The van der Waals surface area contributed by atoms with Crippen molar-refractivity contribution in [1.29, 1.82) is 0 Å². The lowest BCUT2D eigenvalue weighted by Gasteiger charge is -2.18. The molecule has 4 rings (SSSR count). The number of amides is 1. The van der Waals surface area contributed by atoms with E-state index in [1.165, 1.54) is 29.0 Å². The molecule has 3 aromatic rings. The van der Waals surface area contributed by atoms with Gasteiger partial charge in [0.05, 0.1) is 16.7 Å². The van der Waals surface area contributed by atoms with Crippen LogP contribution >= 0.6 is 11.3 Å². The number of carbonyl (C=O) groups is 1. The summed E-state index contributed by atoms with van der Waals surface area (Å²) in [6.07, 6.45) is 0.951. The van der Waals surface area contributed by atoms with Crippen molar-refractivity contribution in [3.05, 3.63) is 63.0 Å². The van der Waals surface area contributed by atoms with Crippen molar-refractivity contribution in [2.45, 2.75) is 13.3 Å². The highest BCUT2D eigenvalue weighted by Crippen LogP contribution is 2.37. The quantitative estimate of drug-likeness (QED) is 0.496. The molecule has 0 unspecified atom stereocenters. The molecule has 0 spiro atoms. The van der Waals surface area contributed by atoms with Gasteiger partial charge >= 0.3 is 0 Å². The van der Waals surface area contributed by atoms with Crippen LogP contribution in [0.5, 0.6) is 11.5 Å². The molecule has 1 aliphatic heterocycles. The van der Waals surface area contributed by atoms with E-state index >= 15 is 0 Å². The smallest absolute Gasteiger partial charge is 0.286 e. The highest BCUT2D eigenvalue weighted by molar-refractivity contribution is 7.14. The highest BCUT2D eigenvalue weighted by atomic mass is 32.1. The van der Waals surface area contributed by atoms with E-state index in [-0.39, 0.29) is 17.0 Å². The fourth-order valence-corrected chi connectivity index (χ4v) is 3.67. The van der Waals surface area contributed by atoms with Crippen LogP contribution in [0, 0.1) is 10.1 Å². The average molecular weight is 411 g/mol. The van der Waals surface area contributed by atoms with Gasteiger partial charge in [-0.15, -0.1) is 11.3 Å². The highest BCUT2D eigenvalue weighted by Gasteiger charge is 2.27. The van der Waals surface area contributed by atoms with Crippen molar-refractivity contribution in [2.24, 2.45) is 0 Å². The topological polar surface area (TPSA) is 104 Å². The Bertz CT molecular complexity index is 1080. The minimum atomic E-state index is -0.629. The number of rotatable bonds is 5. The zero-order valence-corrected chi connectivity index (χ0v) is 16.3. The van der Waals surface area contributed by atoms with Crippen molar-refractivity contribution in [1.82, 2.24) is 4.98 Å². The number of aryl methyl sites for hydroxylation is 1. The molecule has 0 atom stereocenters. The first-order valence-corrected chi connectivity index (χ1v) is 9.87. The Morgan fingerprint density at radius 2 is 1.90 bits per heavy atom. The van der Waals surface area contributed by atoms with Gasteiger partial charge < -0.3 is 9.47 Å². The van der Waals surface area contributed by atoms with Gasteiger partial charge in [0.1, 0.15) is 18.8 Å². The Balaban J connectivity index is 1.58. The van der Waals surface area contributed by atoms with Crippen molar-refractivity contribution < 1.29 is 19.2 Å². The zero-order valence-electron chi connectivity index (χ0n) is 15.5. The van der Waals surface area contributed by atoms with Gasteiger partial charge in [-0.25, -0.2) is 4.98 Å². The van der Waals surface area contributed by atoms with E-state index in [9.17, 15) is 14.9 Å². The van der Waals surface area contributed by atoms with Gasteiger partial charge in [0.25, 0.3) is 11.6 Å². The second kappa shape index (κ2) is 7.88.